The average molecular weight is 438 g/mol. The Hall–Kier alpha value is -1.77. The molecule has 0 saturated heterocycles. The SMILES string of the molecule is CC(C)c1cc(F)cc(C2CC2C)c1CC(=O)/N=S(/N)C1=C(F)N=C(C(C)(C)O)C1. The highest BCUT2D eigenvalue weighted by molar-refractivity contribution is 7.89. The normalized spacial score (nSPS) is 22.7. The van der Waals surface area contributed by atoms with Gasteiger partial charge in [0.2, 0.25) is 5.95 Å². The topological polar surface area (TPSA) is 88.0 Å². The lowest BCUT2D eigenvalue weighted by Gasteiger charge is -2.18. The van der Waals surface area contributed by atoms with Gasteiger partial charge in [-0.05, 0) is 66.8 Å². The number of carbonyl (C=O) groups excluding carboxylic acids is 1. The van der Waals surface area contributed by atoms with Gasteiger partial charge < -0.3 is 5.11 Å². The second-order valence-corrected chi connectivity index (χ2v) is 10.3. The summed E-state index contributed by atoms with van der Waals surface area (Å²) in [5.74, 6) is -0.807. The first-order valence-electron chi connectivity index (χ1n) is 10.1. The van der Waals surface area contributed by atoms with Gasteiger partial charge in [0.15, 0.2) is 0 Å². The molecule has 2 aliphatic rings. The van der Waals surface area contributed by atoms with Gasteiger partial charge in [-0.2, -0.15) is 8.75 Å². The van der Waals surface area contributed by atoms with Crippen LogP contribution in [0.2, 0.25) is 0 Å². The van der Waals surface area contributed by atoms with Gasteiger partial charge in [0.1, 0.15) is 5.82 Å². The van der Waals surface area contributed by atoms with Crippen molar-refractivity contribution in [3.05, 3.63) is 45.5 Å². The first kappa shape index (κ1) is 22.9. The average Bonchev–Trinajstić information content (AvgIpc) is 3.19. The summed E-state index contributed by atoms with van der Waals surface area (Å²) < 4.78 is 32.4. The maximum atomic E-state index is 14.2. The molecule has 0 bridgehead atoms. The van der Waals surface area contributed by atoms with Gasteiger partial charge >= 0.3 is 0 Å². The number of halogens is 2. The van der Waals surface area contributed by atoms with Gasteiger partial charge in [0.05, 0.1) is 22.6 Å². The molecule has 3 unspecified atom stereocenters. The molecule has 1 aromatic rings. The first-order chi connectivity index (χ1) is 13.9. The minimum absolute atomic E-state index is 0.00114. The number of aliphatic imine (C=N–C) groups is 1. The van der Waals surface area contributed by atoms with Crippen molar-refractivity contribution in [1.82, 2.24) is 0 Å². The summed E-state index contributed by atoms with van der Waals surface area (Å²) in [7, 11) is -1.48. The highest BCUT2D eigenvalue weighted by Gasteiger charge is 2.37. The third-order valence-corrected chi connectivity index (χ3v) is 6.91. The number of nitrogens with two attached hydrogens (primary N) is 1. The predicted octanol–water partition coefficient (Wildman–Crippen LogP) is 4.57. The molecule has 1 aromatic carbocycles. The van der Waals surface area contributed by atoms with Crippen molar-refractivity contribution in [3.63, 3.8) is 0 Å². The van der Waals surface area contributed by atoms with E-state index in [-0.39, 0.29) is 41.1 Å². The lowest BCUT2D eigenvalue weighted by Crippen LogP contribution is -2.30. The molecule has 3 rings (SSSR count). The molecule has 1 heterocycles. The van der Waals surface area contributed by atoms with Crippen LogP contribution in [0.25, 0.3) is 0 Å². The van der Waals surface area contributed by atoms with Crippen LogP contribution in [0.3, 0.4) is 0 Å². The number of rotatable bonds is 6. The largest absolute Gasteiger partial charge is 0.384 e. The van der Waals surface area contributed by atoms with Crippen molar-refractivity contribution in [1.29, 1.82) is 0 Å². The van der Waals surface area contributed by atoms with Crippen molar-refractivity contribution < 1.29 is 18.7 Å². The minimum atomic E-state index is -1.48. The molecule has 0 spiro atoms. The fourth-order valence-corrected chi connectivity index (χ4v) is 4.69. The number of amides is 1. The van der Waals surface area contributed by atoms with E-state index in [1.165, 1.54) is 26.0 Å². The maximum absolute atomic E-state index is 14.2. The monoisotopic (exact) mass is 437 g/mol. The standard InChI is InChI=1S/C22H29F2N3O2S/c1-11(2)14-7-13(23)8-16(15-6-12(15)3)17(14)9-20(28)27-30(25)18-10-19(22(4,5)29)26-21(18)24/h7-8,11-12,15,29H,6,9-10H2,1-5H3,(H2,25,27,28). The van der Waals surface area contributed by atoms with Crippen molar-refractivity contribution in [2.75, 3.05) is 0 Å². The Morgan fingerprint density at radius 3 is 2.53 bits per heavy atom. The zero-order valence-electron chi connectivity index (χ0n) is 18.0. The van der Waals surface area contributed by atoms with E-state index in [0.717, 1.165) is 23.1 Å². The van der Waals surface area contributed by atoms with Gasteiger partial charge in [-0.25, -0.2) is 9.38 Å². The van der Waals surface area contributed by atoms with Gasteiger partial charge in [-0.3, -0.25) is 9.93 Å². The summed E-state index contributed by atoms with van der Waals surface area (Å²) in [6.45, 7) is 9.06. The number of allylic oxidation sites excluding steroid dienone is 1. The smallest absolute Gasteiger partial charge is 0.257 e. The van der Waals surface area contributed by atoms with Crippen LogP contribution >= 0.6 is 0 Å². The Labute approximate surface area is 178 Å². The molecule has 0 aromatic heterocycles. The summed E-state index contributed by atoms with van der Waals surface area (Å²) in [6, 6.07) is 3.00. The first-order valence-corrected chi connectivity index (χ1v) is 11.4. The van der Waals surface area contributed by atoms with Crippen LogP contribution in [-0.4, -0.2) is 22.3 Å². The van der Waals surface area contributed by atoms with E-state index in [1.54, 1.807) is 0 Å². The van der Waals surface area contributed by atoms with Crippen LogP contribution < -0.4 is 5.14 Å². The lowest BCUT2D eigenvalue weighted by atomic mass is 9.89. The molecule has 3 N–H and O–H groups in total. The number of hydrogen-bond donors (Lipinski definition) is 2. The third kappa shape index (κ3) is 4.92. The van der Waals surface area contributed by atoms with Gasteiger partial charge in [-0.1, -0.05) is 20.8 Å². The molecule has 8 heteroatoms. The van der Waals surface area contributed by atoms with E-state index in [0.29, 0.717) is 5.92 Å². The molecule has 5 nitrogen and oxygen atoms in total. The number of nitrogens with zero attached hydrogens (tertiary/aromatic N) is 2. The molecule has 0 radical (unpaired) electrons. The number of benzene rings is 1. The molecular formula is C22H29F2N3O2S. The summed E-state index contributed by atoms with van der Waals surface area (Å²) >= 11 is 0. The van der Waals surface area contributed by atoms with Crippen LogP contribution in [0.4, 0.5) is 8.78 Å². The zero-order chi connectivity index (χ0) is 22.4. The summed E-state index contributed by atoms with van der Waals surface area (Å²) in [5.41, 5.74) is 1.45. The summed E-state index contributed by atoms with van der Waals surface area (Å²) in [6.07, 6.45) is 1.02. The van der Waals surface area contributed by atoms with E-state index in [9.17, 15) is 18.7 Å². The van der Waals surface area contributed by atoms with Crippen LogP contribution in [0.1, 0.15) is 76.0 Å². The van der Waals surface area contributed by atoms with E-state index >= 15 is 0 Å². The fraction of sp³-hybridized carbons (Fsp3) is 0.545. The second-order valence-electron chi connectivity index (χ2n) is 9.02. The minimum Gasteiger partial charge on any atom is -0.384 e. The molecule has 3 atom stereocenters. The second kappa shape index (κ2) is 8.40. The van der Waals surface area contributed by atoms with Crippen LogP contribution in [0, 0.1) is 11.7 Å². The number of aliphatic hydroxyl groups is 1. The predicted molar refractivity (Wildman–Crippen MR) is 116 cm³/mol. The summed E-state index contributed by atoms with van der Waals surface area (Å²) in [5, 5.41) is 16.0. The molecule has 1 amide bonds. The van der Waals surface area contributed by atoms with Crippen molar-refractivity contribution in [2.45, 2.75) is 71.3 Å². The van der Waals surface area contributed by atoms with Crippen LogP contribution in [0.15, 0.2) is 32.3 Å². The van der Waals surface area contributed by atoms with Gasteiger partial charge in [0.25, 0.3) is 5.91 Å². The van der Waals surface area contributed by atoms with E-state index in [1.807, 2.05) is 13.8 Å². The molecule has 1 fully saturated rings. The Morgan fingerprint density at radius 1 is 1.40 bits per heavy atom. The highest BCUT2D eigenvalue weighted by atomic mass is 32.2. The highest BCUT2D eigenvalue weighted by Crippen LogP contribution is 2.49. The number of carbonyl (C=O) groups is 1. The third-order valence-electron chi connectivity index (χ3n) is 5.69. The van der Waals surface area contributed by atoms with Crippen LogP contribution in [-0.2, 0) is 22.1 Å². The maximum Gasteiger partial charge on any atom is 0.257 e. The molecule has 1 aliphatic carbocycles. The Bertz CT molecular complexity index is 977. The van der Waals surface area contributed by atoms with Crippen molar-refractivity contribution in [3.8, 4) is 0 Å². The molecular weight excluding hydrogens is 408 g/mol. The molecule has 164 valence electrons. The quantitative estimate of drug-likeness (QED) is 0.639. The van der Waals surface area contributed by atoms with Crippen LogP contribution in [0.5, 0.6) is 0 Å². The Balaban J connectivity index is 1.86. The fourth-order valence-electron chi connectivity index (χ4n) is 3.79. The lowest BCUT2D eigenvalue weighted by molar-refractivity contribution is -0.117. The Morgan fingerprint density at radius 2 is 2.03 bits per heavy atom. The van der Waals surface area contributed by atoms with E-state index in [2.05, 4.69) is 16.3 Å². The van der Waals surface area contributed by atoms with Crippen molar-refractivity contribution in [2.24, 2.45) is 20.4 Å². The summed E-state index contributed by atoms with van der Waals surface area (Å²) in [4.78, 5) is 16.6. The van der Waals surface area contributed by atoms with E-state index in [4.69, 9.17) is 5.14 Å². The number of hydrogen-bond acceptors (Lipinski definition) is 3. The molecule has 1 aliphatic heterocycles. The molecule has 30 heavy (non-hydrogen) atoms. The Kier molecular flexibility index (Phi) is 6.41. The van der Waals surface area contributed by atoms with Crippen molar-refractivity contribution >= 4 is 22.5 Å². The van der Waals surface area contributed by atoms with Gasteiger partial charge in [-0.15, -0.1) is 0 Å². The van der Waals surface area contributed by atoms with Gasteiger partial charge in [0, 0.05) is 17.3 Å². The molecule has 1 saturated carbocycles. The van der Waals surface area contributed by atoms with E-state index < -0.39 is 28.3 Å². The zero-order valence-corrected chi connectivity index (χ0v) is 18.8.